The van der Waals surface area contributed by atoms with Crippen molar-refractivity contribution in [2.24, 2.45) is 0 Å². The molecule has 1 fully saturated rings. The smallest absolute Gasteiger partial charge is 0.297 e. The number of H-pyrrole nitrogens is 1. The van der Waals surface area contributed by atoms with Crippen molar-refractivity contribution < 1.29 is 23.9 Å². The first-order valence-electron chi connectivity index (χ1n) is 14.5. The number of fused-ring (bicyclic) bond motifs is 1. The van der Waals surface area contributed by atoms with E-state index in [0.717, 1.165) is 48.6 Å². The molecule has 5 aromatic rings. The highest BCUT2D eigenvalue weighted by molar-refractivity contribution is 6.03. The van der Waals surface area contributed by atoms with E-state index >= 15 is 0 Å². The number of amides is 1. The Kier molecular flexibility index (Phi) is 8.49. The Balaban J connectivity index is 1.22. The standard InChI is InChI=1S/C32H35N7O5/c1-32(2,3)31-37-29(38-44-31)30(41)34-25-6-4-5-22(24(25)17-40)23-11-12-33-28-26(23)35-27(36-28)21-9-7-20(8-10-21)18-43-19-39-13-15-42-16-14-39/h4-12,40H,13-19H2,1-3H3,(H,34,41)(H,33,35,36). The van der Waals surface area contributed by atoms with Crippen molar-refractivity contribution >= 4 is 22.8 Å². The van der Waals surface area contributed by atoms with Gasteiger partial charge in [-0.1, -0.05) is 62.3 Å². The molecule has 0 aliphatic carbocycles. The molecule has 0 spiro atoms. The lowest BCUT2D eigenvalue weighted by Crippen LogP contribution is -2.37. The molecule has 2 aromatic carbocycles. The van der Waals surface area contributed by atoms with Gasteiger partial charge in [-0.2, -0.15) is 4.98 Å². The van der Waals surface area contributed by atoms with Crippen LogP contribution in [0.4, 0.5) is 5.69 Å². The SMILES string of the molecule is CC(C)(C)c1nc(C(=O)Nc2cccc(-c3ccnc4nc(-c5ccc(COCN6CCOCC6)cc5)[nH]c34)c2CO)no1. The molecule has 44 heavy (non-hydrogen) atoms. The van der Waals surface area contributed by atoms with Crippen molar-refractivity contribution in [2.45, 2.75) is 39.4 Å². The van der Waals surface area contributed by atoms with E-state index in [1.165, 1.54) is 0 Å². The molecule has 4 heterocycles. The summed E-state index contributed by atoms with van der Waals surface area (Å²) in [6.07, 6.45) is 1.68. The summed E-state index contributed by atoms with van der Waals surface area (Å²) in [5.74, 6) is 0.417. The number of hydrogen-bond donors (Lipinski definition) is 3. The van der Waals surface area contributed by atoms with Gasteiger partial charge in [-0.15, -0.1) is 0 Å². The van der Waals surface area contributed by atoms with Crippen LogP contribution >= 0.6 is 0 Å². The van der Waals surface area contributed by atoms with Gasteiger partial charge in [-0.05, 0) is 23.3 Å². The molecular weight excluding hydrogens is 562 g/mol. The zero-order valence-corrected chi connectivity index (χ0v) is 25.0. The molecule has 0 unspecified atom stereocenters. The number of imidazole rings is 1. The second kappa shape index (κ2) is 12.6. The number of nitrogens with zero attached hydrogens (tertiary/aromatic N) is 5. The summed E-state index contributed by atoms with van der Waals surface area (Å²) in [7, 11) is 0. The molecule has 0 saturated carbocycles. The third-order valence-corrected chi connectivity index (χ3v) is 7.41. The van der Waals surface area contributed by atoms with Crippen molar-refractivity contribution in [1.82, 2.24) is 30.0 Å². The van der Waals surface area contributed by atoms with E-state index in [9.17, 15) is 9.90 Å². The molecule has 12 heteroatoms. The zero-order valence-electron chi connectivity index (χ0n) is 25.0. The fourth-order valence-corrected chi connectivity index (χ4v) is 4.98. The molecule has 0 atom stereocenters. The molecular formula is C32H35N7O5. The maximum Gasteiger partial charge on any atom is 0.297 e. The van der Waals surface area contributed by atoms with Gasteiger partial charge in [0.05, 0.1) is 38.7 Å². The Morgan fingerprint density at radius 3 is 2.59 bits per heavy atom. The Labute approximate surface area is 254 Å². The summed E-state index contributed by atoms with van der Waals surface area (Å²) < 4.78 is 16.5. The second-order valence-electron chi connectivity index (χ2n) is 11.7. The number of aliphatic hydroxyl groups excluding tert-OH is 1. The third kappa shape index (κ3) is 6.38. The van der Waals surface area contributed by atoms with Crippen LogP contribution in [0.5, 0.6) is 0 Å². The molecule has 228 valence electrons. The lowest BCUT2D eigenvalue weighted by atomic mass is 9.97. The average molecular weight is 598 g/mol. The first-order chi connectivity index (χ1) is 21.3. The van der Waals surface area contributed by atoms with Gasteiger partial charge in [-0.25, -0.2) is 9.97 Å². The Morgan fingerprint density at radius 2 is 1.86 bits per heavy atom. The zero-order chi connectivity index (χ0) is 30.7. The van der Waals surface area contributed by atoms with Crippen LogP contribution in [-0.4, -0.2) is 74.0 Å². The molecule has 12 nitrogen and oxygen atoms in total. The Morgan fingerprint density at radius 1 is 1.07 bits per heavy atom. The van der Waals surface area contributed by atoms with Gasteiger partial charge in [0, 0.05) is 47.1 Å². The molecule has 1 amide bonds. The van der Waals surface area contributed by atoms with Crippen molar-refractivity contribution in [3.05, 3.63) is 77.6 Å². The van der Waals surface area contributed by atoms with Crippen LogP contribution in [0, 0.1) is 0 Å². The Hall–Kier alpha value is -4.49. The minimum atomic E-state index is -0.533. The van der Waals surface area contributed by atoms with E-state index < -0.39 is 11.3 Å². The number of morpholine rings is 1. The number of ether oxygens (including phenoxy) is 2. The quantitative estimate of drug-likeness (QED) is 0.221. The van der Waals surface area contributed by atoms with E-state index in [1.807, 2.05) is 63.2 Å². The number of carbonyl (C=O) groups is 1. The number of aromatic nitrogens is 5. The highest BCUT2D eigenvalue weighted by atomic mass is 16.5. The number of aromatic amines is 1. The number of benzene rings is 2. The van der Waals surface area contributed by atoms with Gasteiger partial charge >= 0.3 is 0 Å². The van der Waals surface area contributed by atoms with Crippen molar-refractivity contribution in [3.63, 3.8) is 0 Å². The molecule has 3 N–H and O–H groups in total. The lowest BCUT2D eigenvalue weighted by molar-refractivity contribution is -0.0378. The van der Waals surface area contributed by atoms with Crippen molar-refractivity contribution in [2.75, 3.05) is 38.4 Å². The molecule has 1 aliphatic heterocycles. The van der Waals surface area contributed by atoms with Crippen LogP contribution in [0.25, 0.3) is 33.7 Å². The molecule has 6 rings (SSSR count). The highest BCUT2D eigenvalue weighted by Crippen LogP contribution is 2.34. The third-order valence-electron chi connectivity index (χ3n) is 7.41. The molecule has 3 aromatic heterocycles. The highest BCUT2D eigenvalue weighted by Gasteiger charge is 2.25. The van der Waals surface area contributed by atoms with E-state index in [2.05, 4.69) is 30.3 Å². The van der Waals surface area contributed by atoms with Crippen molar-refractivity contribution in [3.8, 4) is 22.5 Å². The molecule has 0 bridgehead atoms. The number of nitrogens with one attached hydrogen (secondary N) is 2. The van der Waals surface area contributed by atoms with Gasteiger partial charge in [0.2, 0.25) is 5.89 Å². The predicted molar refractivity (Wildman–Crippen MR) is 164 cm³/mol. The number of rotatable bonds is 9. The normalized spacial score (nSPS) is 14.3. The largest absolute Gasteiger partial charge is 0.392 e. The minimum Gasteiger partial charge on any atom is -0.392 e. The maximum atomic E-state index is 13.0. The van der Waals surface area contributed by atoms with Gasteiger partial charge in [0.1, 0.15) is 5.82 Å². The fourth-order valence-electron chi connectivity index (χ4n) is 4.98. The predicted octanol–water partition coefficient (Wildman–Crippen LogP) is 4.52. The van der Waals surface area contributed by atoms with E-state index in [-0.39, 0.29) is 12.4 Å². The number of aliphatic hydroxyl groups is 1. The van der Waals surface area contributed by atoms with Crippen LogP contribution < -0.4 is 5.32 Å². The van der Waals surface area contributed by atoms with Gasteiger partial charge in [-0.3, -0.25) is 9.69 Å². The minimum absolute atomic E-state index is 0.0802. The van der Waals surface area contributed by atoms with Gasteiger partial charge in [0.15, 0.2) is 5.65 Å². The summed E-state index contributed by atoms with van der Waals surface area (Å²) in [6.45, 7) is 9.82. The second-order valence-corrected chi connectivity index (χ2v) is 11.7. The number of carbonyl (C=O) groups excluding carboxylic acids is 1. The summed E-state index contributed by atoms with van der Waals surface area (Å²) >= 11 is 0. The first-order valence-corrected chi connectivity index (χ1v) is 14.5. The molecule has 1 aliphatic rings. The van der Waals surface area contributed by atoms with Crippen LogP contribution in [-0.2, 0) is 28.1 Å². The Bertz CT molecular complexity index is 1750. The summed E-state index contributed by atoms with van der Waals surface area (Å²) in [5, 5.41) is 17.1. The van der Waals surface area contributed by atoms with E-state index in [1.54, 1.807) is 12.3 Å². The molecule has 1 saturated heterocycles. The summed E-state index contributed by atoms with van der Waals surface area (Å²) in [6, 6.07) is 15.3. The topological polar surface area (TPSA) is 152 Å². The summed E-state index contributed by atoms with van der Waals surface area (Å²) in [5.41, 5.74) is 5.32. The fraction of sp³-hybridized carbons (Fsp3) is 0.344. The summed E-state index contributed by atoms with van der Waals surface area (Å²) in [4.78, 5) is 32.1. The molecule has 0 radical (unpaired) electrons. The van der Waals surface area contributed by atoms with Crippen LogP contribution in [0.1, 0.15) is 48.4 Å². The van der Waals surface area contributed by atoms with Gasteiger partial charge < -0.3 is 29.4 Å². The average Bonchev–Trinajstić information content (AvgIpc) is 3.70. The van der Waals surface area contributed by atoms with Gasteiger partial charge in [0.25, 0.3) is 11.7 Å². The van der Waals surface area contributed by atoms with Crippen molar-refractivity contribution in [1.29, 1.82) is 0 Å². The van der Waals surface area contributed by atoms with E-state index in [0.29, 0.717) is 47.5 Å². The maximum absolute atomic E-state index is 13.0. The lowest BCUT2D eigenvalue weighted by Gasteiger charge is -2.26. The number of hydrogen-bond acceptors (Lipinski definition) is 10. The van der Waals surface area contributed by atoms with Crippen LogP contribution in [0.15, 0.2) is 59.3 Å². The monoisotopic (exact) mass is 597 g/mol. The number of pyridine rings is 1. The van der Waals surface area contributed by atoms with Crippen LogP contribution in [0.2, 0.25) is 0 Å². The first kappa shape index (κ1) is 29.6. The number of anilines is 1. The van der Waals surface area contributed by atoms with Crippen LogP contribution in [0.3, 0.4) is 0 Å². The van der Waals surface area contributed by atoms with E-state index in [4.69, 9.17) is 19.0 Å².